The van der Waals surface area contributed by atoms with Crippen LogP contribution in [0.1, 0.15) is 5.56 Å². The van der Waals surface area contributed by atoms with Gasteiger partial charge in [0.15, 0.2) is 0 Å². The minimum absolute atomic E-state index is 1.12. The number of benzene rings is 3. The number of anilines is 3. The van der Waals surface area contributed by atoms with Crippen LogP contribution in [-0.4, -0.2) is 0 Å². The van der Waals surface area contributed by atoms with Crippen LogP contribution >= 0.6 is 0 Å². The summed E-state index contributed by atoms with van der Waals surface area (Å²) >= 11 is 0. The molecule has 3 rings (SSSR count). The molecule has 0 amide bonds. The molecule has 0 atom stereocenters. The predicted molar refractivity (Wildman–Crippen MR) is 91.2 cm³/mol. The maximum absolute atomic E-state index is 3.86. The van der Waals surface area contributed by atoms with Gasteiger partial charge >= 0.3 is 0 Å². The predicted octanol–water partition coefficient (Wildman–Crippen LogP) is 5.80. The summed E-state index contributed by atoms with van der Waals surface area (Å²) in [6.07, 6.45) is 1.87. The van der Waals surface area contributed by atoms with Gasteiger partial charge in [0.05, 0.1) is 0 Å². The molecule has 0 N–H and O–H groups in total. The molecule has 102 valence electrons. The fourth-order valence-electron chi connectivity index (χ4n) is 2.39. The molecule has 3 aromatic rings. The Labute approximate surface area is 125 Å². The molecule has 0 aliphatic heterocycles. The summed E-state index contributed by atoms with van der Waals surface area (Å²) in [6, 6.07) is 29.2. The van der Waals surface area contributed by atoms with Crippen LogP contribution in [0.25, 0.3) is 6.08 Å². The van der Waals surface area contributed by atoms with Gasteiger partial charge in [0, 0.05) is 17.1 Å². The van der Waals surface area contributed by atoms with Crippen molar-refractivity contribution in [1.82, 2.24) is 0 Å². The molecule has 0 fully saturated rings. The van der Waals surface area contributed by atoms with Crippen LogP contribution in [-0.2, 0) is 0 Å². The van der Waals surface area contributed by atoms with Crippen LogP contribution in [0.5, 0.6) is 0 Å². The summed E-state index contributed by atoms with van der Waals surface area (Å²) in [7, 11) is 0. The molecule has 0 heterocycles. The maximum Gasteiger partial charge on any atom is 0.0467 e. The van der Waals surface area contributed by atoms with E-state index in [0.717, 1.165) is 22.6 Å². The number of para-hydroxylation sites is 2. The summed E-state index contributed by atoms with van der Waals surface area (Å²) in [5, 5.41) is 0. The molecule has 3 aromatic carbocycles. The van der Waals surface area contributed by atoms with E-state index in [4.69, 9.17) is 0 Å². The van der Waals surface area contributed by atoms with Gasteiger partial charge in [-0.1, -0.05) is 61.2 Å². The van der Waals surface area contributed by atoms with E-state index in [2.05, 4.69) is 84.3 Å². The average molecular weight is 271 g/mol. The molecule has 0 spiro atoms. The molecule has 21 heavy (non-hydrogen) atoms. The number of nitrogens with zero attached hydrogens (tertiary/aromatic N) is 1. The summed E-state index contributed by atoms with van der Waals surface area (Å²) in [4.78, 5) is 2.24. The van der Waals surface area contributed by atoms with Crippen molar-refractivity contribution in [3.63, 3.8) is 0 Å². The van der Waals surface area contributed by atoms with Crippen LogP contribution in [0.2, 0.25) is 0 Å². The number of hydrogen-bond donors (Lipinski definition) is 0. The zero-order valence-corrected chi connectivity index (χ0v) is 11.8. The molecule has 0 radical (unpaired) electrons. The third-order valence-electron chi connectivity index (χ3n) is 3.39. The second kappa shape index (κ2) is 6.10. The number of hydrogen-bond acceptors (Lipinski definition) is 1. The quantitative estimate of drug-likeness (QED) is 0.579. The maximum atomic E-state index is 3.86. The van der Waals surface area contributed by atoms with Gasteiger partial charge in [0.1, 0.15) is 0 Å². The molecular formula is C20H17N. The molecule has 0 saturated heterocycles. The monoisotopic (exact) mass is 271 g/mol. The zero-order valence-electron chi connectivity index (χ0n) is 11.8. The van der Waals surface area contributed by atoms with Crippen molar-refractivity contribution < 1.29 is 0 Å². The van der Waals surface area contributed by atoms with Gasteiger partial charge in [0.25, 0.3) is 0 Å². The van der Waals surface area contributed by atoms with Gasteiger partial charge in [-0.2, -0.15) is 0 Å². The summed E-state index contributed by atoms with van der Waals surface area (Å²) < 4.78 is 0. The van der Waals surface area contributed by atoms with E-state index in [1.54, 1.807) is 0 Å². The van der Waals surface area contributed by atoms with Crippen LogP contribution in [0.3, 0.4) is 0 Å². The lowest BCUT2D eigenvalue weighted by molar-refractivity contribution is 1.28. The van der Waals surface area contributed by atoms with Crippen molar-refractivity contribution in [2.45, 2.75) is 0 Å². The topological polar surface area (TPSA) is 3.24 Å². The Morgan fingerprint density at radius 2 is 1.14 bits per heavy atom. The smallest absolute Gasteiger partial charge is 0.0467 e. The molecule has 0 saturated carbocycles. The Morgan fingerprint density at radius 3 is 1.67 bits per heavy atom. The highest BCUT2D eigenvalue weighted by molar-refractivity contribution is 5.77. The van der Waals surface area contributed by atoms with Crippen LogP contribution in [0.4, 0.5) is 17.1 Å². The van der Waals surface area contributed by atoms with Crippen molar-refractivity contribution in [2.75, 3.05) is 4.90 Å². The van der Waals surface area contributed by atoms with Gasteiger partial charge in [0.2, 0.25) is 0 Å². The third kappa shape index (κ3) is 2.87. The Hall–Kier alpha value is -2.80. The van der Waals surface area contributed by atoms with Crippen molar-refractivity contribution in [3.05, 3.63) is 97.1 Å². The molecule has 1 nitrogen and oxygen atoms in total. The summed E-state index contributed by atoms with van der Waals surface area (Å²) in [5.74, 6) is 0. The first kappa shape index (κ1) is 13.2. The highest BCUT2D eigenvalue weighted by atomic mass is 15.1. The number of rotatable bonds is 4. The van der Waals surface area contributed by atoms with Crippen molar-refractivity contribution in [3.8, 4) is 0 Å². The Bertz CT molecular complexity index is 678. The van der Waals surface area contributed by atoms with Crippen molar-refractivity contribution in [2.24, 2.45) is 0 Å². The first-order chi connectivity index (χ1) is 10.4. The third-order valence-corrected chi connectivity index (χ3v) is 3.39. The van der Waals surface area contributed by atoms with E-state index >= 15 is 0 Å². The standard InChI is InChI=1S/C20H17N/c1-2-17-10-9-15-20(16-17)21(18-11-5-3-6-12-18)19-13-7-4-8-14-19/h2-16H,1H2. The van der Waals surface area contributed by atoms with Gasteiger partial charge < -0.3 is 4.90 Å². The first-order valence-corrected chi connectivity index (χ1v) is 7.01. The highest BCUT2D eigenvalue weighted by Gasteiger charge is 2.11. The SMILES string of the molecule is C=Cc1cccc(N(c2ccccc2)c2ccccc2)c1. The highest BCUT2D eigenvalue weighted by Crippen LogP contribution is 2.34. The van der Waals surface area contributed by atoms with Gasteiger partial charge in [-0.15, -0.1) is 0 Å². The Balaban J connectivity index is 2.14. The van der Waals surface area contributed by atoms with Gasteiger partial charge in [-0.05, 0) is 42.0 Å². The van der Waals surface area contributed by atoms with E-state index in [1.807, 2.05) is 18.2 Å². The van der Waals surface area contributed by atoms with E-state index in [9.17, 15) is 0 Å². The van der Waals surface area contributed by atoms with Gasteiger partial charge in [-0.25, -0.2) is 0 Å². The summed E-state index contributed by atoms with van der Waals surface area (Å²) in [6.45, 7) is 3.86. The van der Waals surface area contributed by atoms with E-state index in [-0.39, 0.29) is 0 Å². The largest absolute Gasteiger partial charge is 0.310 e. The zero-order chi connectivity index (χ0) is 14.5. The normalized spacial score (nSPS) is 10.1. The molecule has 0 aliphatic rings. The Morgan fingerprint density at radius 1 is 0.619 bits per heavy atom. The van der Waals surface area contributed by atoms with Crippen molar-refractivity contribution in [1.29, 1.82) is 0 Å². The van der Waals surface area contributed by atoms with Crippen LogP contribution < -0.4 is 4.90 Å². The van der Waals surface area contributed by atoms with Crippen LogP contribution in [0.15, 0.2) is 91.5 Å². The molecule has 0 aromatic heterocycles. The van der Waals surface area contributed by atoms with E-state index < -0.39 is 0 Å². The van der Waals surface area contributed by atoms with E-state index in [1.165, 1.54) is 0 Å². The minimum Gasteiger partial charge on any atom is -0.310 e. The average Bonchev–Trinajstić information content (AvgIpc) is 2.57. The fourth-order valence-corrected chi connectivity index (χ4v) is 2.39. The summed E-state index contributed by atoms with van der Waals surface area (Å²) in [5.41, 5.74) is 4.53. The molecule has 0 unspecified atom stereocenters. The second-order valence-corrected chi connectivity index (χ2v) is 4.81. The molecule has 1 heteroatoms. The lowest BCUT2D eigenvalue weighted by Crippen LogP contribution is -2.09. The van der Waals surface area contributed by atoms with Crippen molar-refractivity contribution >= 4 is 23.1 Å². The molecule has 0 bridgehead atoms. The lowest BCUT2D eigenvalue weighted by Gasteiger charge is -2.25. The fraction of sp³-hybridized carbons (Fsp3) is 0. The van der Waals surface area contributed by atoms with E-state index in [0.29, 0.717) is 0 Å². The molecule has 0 aliphatic carbocycles. The minimum atomic E-state index is 1.12. The molecular weight excluding hydrogens is 254 g/mol. The van der Waals surface area contributed by atoms with Crippen LogP contribution in [0, 0.1) is 0 Å². The lowest BCUT2D eigenvalue weighted by atomic mass is 10.1. The van der Waals surface area contributed by atoms with Gasteiger partial charge in [-0.3, -0.25) is 0 Å². The first-order valence-electron chi connectivity index (χ1n) is 7.01. The second-order valence-electron chi connectivity index (χ2n) is 4.81. The Kier molecular flexibility index (Phi) is 3.83.